The zero-order valence-corrected chi connectivity index (χ0v) is 9.28. The topological polar surface area (TPSA) is 59.1 Å². The molecule has 0 radical (unpaired) electrons. The molecule has 5 heteroatoms. The van der Waals surface area contributed by atoms with E-state index in [2.05, 4.69) is 10.3 Å². The van der Waals surface area contributed by atoms with Gasteiger partial charge in [0.1, 0.15) is 5.69 Å². The van der Waals surface area contributed by atoms with Crippen LogP contribution in [-0.4, -0.2) is 23.2 Å². The Hall–Kier alpha value is -1.78. The number of aromatic nitrogens is 1. The van der Waals surface area contributed by atoms with Crippen LogP contribution in [0.25, 0.3) is 0 Å². The van der Waals surface area contributed by atoms with Crippen LogP contribution >= 0.6 is 0 Å². The van der Waals surface area contributed by atoms with Gasteiger partial charge in [-0.15, -0.1) is 0 Å². The average molecular weight is 236 g/mol. The van der Waals surface area contributed by atoms with Gasteiger partial charge in [-0.1, -0.05) is 12.8 Å². The average Bonchev–Trinajstić information content (AvgIpc) is 2.81. The predicted molar refractivity (Wildman–Crippen MR) is 59.3 cm³/mol. The maximum atomic E-state index is 13.3. The number of nitrogens with one attached hydrogen (secondary N) is 1. The van der Waals surface area contributed by atoms with Crippen LogP contribution in [0.15, 0.2) is 12.3 Å². The van der Waals surface area contributed by atoms with Gasteiger partial charge in [0.15, 0.2) is 12.1 Å². The molecule has 1 aromatic rings. The fourth-order valence-corrected chi connectivity index (χ4v) is 2.00. The summed E-state index contributed by atoms with van der Waals surface area (Å²) in [5.41, 5.74) is -0.123. The maximum Gasteiger partial charge on any atom is 0.253 e. The molecule has 1 aromatic heterocycles. The van der Waals surface area contributed by atoms with Crippen LogP contribution < -0.4 is 5.32 Å². The van der Waals surface area contributed by atoms with E-state index in [9.17, 15) is 14.0 Å². The van der Waals surface area contributed by atoms with Crippen molar-refractivity contribution in [1.29, 1.82) is 0 Å². The Labute approximate surface area is 98.2 Å². The van der Waals surface area contributed by atoms with Gasteiger partial charge in [0, 0.05) is 12.2 Å². The van der Waals surface area contributed by atoms with Crippen LogP contribution in [0.4, 0.5) is 4.39 Å². The molecular formula is C12H13FN2O2. The number of hydrogen-bond acceptors (Lipinski definition) is 3. The third kappa shape index (κ3) is 2.67. The van der Waals surface area contributed by atoms with Gasteiger partial charge >= 0.3 is 0 Å². The second kappa shape index (κ2) is 5.03. The van der Waals surface area contributed by atoms with Gasteiger partial charge in [0.2, 0.25) is 0 Å². The summed E-state index contributed by atoms with van der Waals surface area (Å²) in [5.74, 6) is -1.10. The van der Waals surface area contributed by atoms with E-state index >= 15 is 0 Å². The first-order valence-corrected chi connectivity index (χ1v) is 5.62. The maximum absolute atomic E-state index is 13.3. The monoisotopic (exact) mass is 236 g/mol. The van der Waals surface area contributed by atoms with Crippen molar-refractivity contribution in [3.05, 3.63) is 29.3 Å². The number of halogens is 1. The summed E-state index contributed by atoms with van der Waals surface area (Å²) < 4.78 is 13.3. The molecule has 0 aromatic carbocycles. The number of rotatable bonds is 3. The molecule has 1 aliphatic rings. The summed E-state index contributed by atoms with van der Waals surface area (Å²) in [6.07, 6.45) is 5.70. The van der Waals surface area contributed by atoms with E-state index in [1.807, 2.05) is 0 Å². The number of hydrogen-bond donors (Lipinski definition) is 1. The van der Waals surface area contributed by atoms with Gasteiger partial charge in [0.25, 0.3) is 5.91 Å². The highest BCUT2D eigenvalue weighted by Gasteiger charge is 2.18. The van der Waals surface area contributed by atoms with Crippen LogP contribution in [0.2, 0.25) is 0 Å². The number of nitrogens with zero attached hydrogens (tertiary/aromatic N) is 1. The zero-order valence-electron chi connectivity index (χ0n) is 9.28. The second-order valence-corrected chi connectivity index (χ2v) is 4.16. The summed E-state index contributed by atoms with van der Waals surface area (Å²) in [5, 5.41) is 2.83. The van der Waals surface area contributed by atoms with E-state index in [-0.39, 0.29) is 23.2 Å². The Kier molecular flexibility index (Phi) is 3.46. The molecule has 0 aliphatic heterocycles. The first kappa shape index (κ1) is 11.7. The van der Waals surface area contributed by atoms with Crippen LogP contribution in [0, 0.1) is 5.82 Å². The van der Waals surface area contributed by atoms with Crippen molar-refractivity contribution in [2.75, 3.05) is 0 Å². The van der Waals surface area contributed by atoms with Gasteiger partial charge in [-0.05, 0) is 18.9 Å². The highest BCUT2D eigenvalue weighted by Crippen LogP contribution is 2.18. The first-order chi connectivity index (χ1) is 8.20. The smallest absolute Gasteiger partial charge is 0.253 e. The fourth-order valence-electron chi connectivity index (χ4n) is 2.00. The molecule has 0 spiro atoms. The number of carbonyl (C=O) groups is 2. The lowest BCUT2D eigenvalue weighted by molar-refractivity contribution is 0.0936. The first-order valence-electron chi connectivity index (χ1n) is 5.62. The minimum Gasteiger partial charge on any atom is -0.349 e. The van der Waals surface area contributed by atoms with Crippen LogP contribution in [-0.2, 0) is 0 Å². The molecule has 1 N–H and O–H groups in total. The molecule has 0 unspecified atom stereocenters. The lowest BCUT2D eigenvalue weighted by atomic mass is 10.2. The van der Waals surface area contributed by atoms with Crippen LogP contribution in [0.1, 0.15) is 46.5 Å². The lowest BCUT2D eigenvalue weighted by Crippen LogP contribution is -2.32. The zero-order chi connectivity index (χ0) is 12.3. The van der Waals surface area contributed by atoms with Gasteiger partial charge in [-0.25, -0.2) is 9.37 Å². The molecule has 1 amide bonds. The Morgan fingerprint density at radius 1 is 1.47 bits per heavy atom. The van der Waals surface area contributed by atoms with Crippen molar-refractivity contribution in [3.8, 4) is 0 Å². The number of aldehydes is 1. The largest absolute Gasteiger partial charge is 0.349 e. The Morgan fingerprint density at radius 3 is 2.76 bits per heavy atom. The number of pyridine rings is 1. The van der Waals surface area contributed by atoms with Gasteiger partial charge in [-0.2, -0.15) is 0 Å². The molecule has 0 saturated heterocycles. The number of amides is 1. The van der Waals surface area contributed by atoms with Crippen LogP contribution in [0.5, 0.6) is 0 Å². The third-order valence-corrected chi connectivity index (χ3v) is 2.93. The van der Waals surface area contributed by atoms with Gasteiger partial charge in [-0.3, -0.25) is 9.59 Å². The SMILES string of the molecule is O=Cc1ncc(C(=O)NC2CCCC2)cc1F. The van der Waals surface area contributed by atoms with E-state index in [0.29, 0.717) is 6.29 Å². The van der Waals surface area contributed by atoms with Crippen molar-refractivity contribution < 1.29 is 14.0 Å². The Bertz CT molecular complexity index is 442. The third-order valence-electron chi connectivity index (χ3n) is 2.93. The van der Waals surface area contributed by atoms with Crippen molar-refractivity contribution in [2.45, 2.75) is 31.7 Å². The van der Waals surface area contributed by atoms with Gasteiger partial charge in [0.05, 0.1) is 5.56 Å². The molecule has 2 rings (SSSR count). The molecule has 4 nitrogen and oxygen atoms in total. The standard InChI is InChI=1S/C12H13FN2O2/c13-10-5-8(6-14-11(10)7-16)12(17)15-9-3-1-2-4-9/h5-7,9H,1-4H2,(H,15,17). The summed E-state index contributed by atoms with van der Waals surface area (Å²) in [6.45, 7) is 0. The summed E-state index contributed by atoms with van der Waals surface area (Å²) in [4.78, 5) is 25.7. The van der Waals surface area contributed by atoms with Crippen molar-refractivity contribution in [2.24, 2.45) is 0 Å². The number of carbonyl (C=O) groups excluding carboxylic acids is 2. The second-order valence-electron chi connectivity index (χ2n) is 4.16. The summed E-state index contributed by atoms with van der Waals surface area (Å²) in [7, 11) is 0. The van der Waals surface area contributed by atoms with E-state index < -0.39 is 5.82 Å². The van der Waals surface area contributed by atoms with Crippen molar-refractivity contribution in [3.63, 3.8) is 0 Å². The lowest BCUT2D eigenvalue weighted by Gasteiger charge is -2.11. The minimum atomic E-state index is -0.765. The fraction of sp³-hybridized carbons (Fsp3) is 0.417. The summed E-state index contributed by atoms with van der Waals surface area (Å²) >= 11 is 0. The molecule has 1 fully saturated rings. The molecule has 0 atom stereocenters. The minimum absolute atomic E-state index is 0.153. The molecule has 0 bridgehead atoms. The highest BCUT2D eigenvalue weighted by molar-refractivity contribution is 5.94. The molecular weight excluding hydrogens is 223 g/mol. The van der Waals surface area contributed by atoms with Crippen LogP contribution in [0.3, 0.4) is 0 Å². The summed E-state index contributed by atoms with van der Waals surface area (Å²) in [6, 6.07) is 1.22. The Balaban J connectivity index is 2.08. The van der Waals surface area contributed by atoms with Gasteiger partial charge < -0.3 is 5.32 Å². The van der Waals surface area contributed by atoms with E-state index in [4.69, 9.17) is 0 Å². The predicted octanol–water partition coefficient (Wildman–Crippen LogP) is 1.71. The Morgan fingerprint density at radius 2 is 2.18 bits per heavy atom. The molecule has 17 heavy (non-hydrogen) atoms. The van der Waals surface area contributed by atoms with Crippen molar-refractivity contribution >= 4 is 12.2 Å². The van der Waals surface area contributed by atoms with E-state index in [1.165, 1.54) is 6.20 Å². The van der Waals surface area contributed by atoms with E-state index in [0.717, 1.165) is 31.7 Å². The van der Waals surface area contributed by atoms with Crippen molar-refractivity contribution in [1.82, 2.24) is 10.3 Å². The normalized spacial score (nSPS) is 15.8. The molecule has 90 valence electrons. The highest BCUT2D eigenvalue weighted by atomic mass is 19.1. The molecule has 1 heterocycles. The molecule has 1 aliphatic carbocycles. The quantitative estimate of drug-likeness (QED) is 0.813. The molecule has 1 saturated carbocycles. The van der Waals surface area contributed by atoms with E-state index in [1.54, 1.807) is 0 Å².